The standard InChI is InChI=1S/C23H19ClN4OS/c24-18-11-9-16(10-12-18)21-14-30-23(28-21)26-13-15-5-7-17(8-6-15)22(29)27-20-4-2-1-3-19(20)25/h1-12,14H,13,25H2,(H,26,28)(H,27,29). The van der Waals surface area contributed by atoms with Crippen molar-refractivity contribution in [1.82, 2.24) is 4.98 Å². The van der Waals surface area contributed by atoms with E-state index in [2.05, 4.69) is 15.6 Å². The molecule has 0 saturated heterocycles. The second kappa shape index (κ2) is 8.98. The molecule has 0 spiro atoms. The Morgan fingerprint density at radius 2 is 1.73 bits per heavy atom. The van der Waals surface area contributed by atoms with Gasteiger partial charge in [-0.15, -0.1) is 11.3 Å². The van der Waals surface area contributed by atoms with Crippen molar-refractivity contribution < 1.29 is 4.79 Å². The Kier molecular flexibility index (Phi) is 5.97. The molecule has 0 saturated carbocycles. The van der Waals surface area contributed by atoms with Crippen LogP contribution in [0.2, 0.25) is 5.02 Å². The molecular formula is C23H19ClN4OS. The molecule has 0 bridgehead atoms. The average molecular weight is 435 g/mol. The number of hydrogen-bond donors (Lipinski definition) is 3. The topological polar surface area (TPSA) is 80.0 Å². The number of benzene rings is 3. The van der Waals surface area contributed by atoms with Crippen LogP contribution in [0.3, 0.4) is 0 Å². The number of rotatable bonds is 6. The van der Waals surface area contributed by atoms with Gasteiger partial charge in [-0.05, 0) is 42.0 Å². The monoisotopic (exact) mass is 434 g/mol. The first-order valence-corrected chi connectivity index (χ1v) is 10.5. The van der Waals surface area contributed by atoms with E-state index in [0.717, 1.165) is 22.0 Å². The van der Waals surface area contributed by atoms with Gasteiger partial charge in [-0.25, -0.2) is 4.98 Å². The van der Waals surface area contributed by atoms with Crippen LogP contribution in [0.4, 0.5) is 16.5 Å². The molecule has 30 heavy (non-hydrogen) atoms. The van der Waals surface area contributed by atoms with E-state index in [1.165, 1.54) is 0 Å². The molecule has 0 fully saturated rings. The van der Waals surface area contributed by atoms with Crippen molar-refractivity contribution in [2.75, 3.05) is 16.4 Å². The lowest BCUT2D eigenvalue weighted by molar-refractivity contribution is 0.102. The molecule has 0 unspecified atom stereocenters. The Balaban J connectivity index is 1.35. The predicted octanol–water partition coefficient (Wildman–Crippen LogP) is 5.91. The summed E-state index contributed by atoms with van der Waals surface area (Å²) in [7, 11) is 0. The summed E-state index contributed by atoms with van der Waals surface area (Å²) in [5, 5.41) is 9.70. The van der Waals surface area contributed by atoms with Gasteiger partial charge in [-0.1, -0.05) is 48.0 Å². The van der Waals surface area contributed by atoms with Crippen LogP contribution in [0.5, 0.6) is 0 Å². The number of halogens is 1. The van der Waals surface area contributed by atoms with Crippen LogP contribution in [0.25, 0.3) is 11.3 Å². The van der Waals surface area contributed by atoms with Crippen LogP contribution in [-0.4, -0.2) is 10.9 Å². The number of hydrogen-bond acceptors (Lipinski definition) is 5. The van der Waals surface area contributed by atoms with Crippen molar-refractivity contribution in [2.45, 2.75) is 6.54 Å². The fraction of sp³-hybridized carbons (Fsp3) is 0.0435. The van der Waals surface area contributed by atoms with E-state index in [1.807, 2.05) is 53.9 Å². The Hall–Kier alpha value is -3.35. The van der Waals surface area contributed by atoms with Crippen molar-refractivity contribution in [3.63, 3.8) is 0 Å². The number of amides is 1. The molecule has 4 rings (SSSR count). The predicted molar refractivity (Wildman–Crippen MR) is 125 cm³/mol. The number of nitrogen functional groups attached to an aromatic ring is 1. The average Bonchev–Trinajstić information content (AvgIpc) is 3.24. The lowest BCUT2D eigenvalue weighted by atomic mass is 10.1. The van der Waals surface area contributed by atoms with Gasteiger partial charge < -0.3 is 16.4 Å². The van der Waals surface area contributed by atoms with Crippen molar-refractivity contribution in [3.05, 3.63) is 94.3 Å². The zero-order chi connectivity index (χ0) is 20.9. The van der Waals surface area contributed by atoms with Gasteiger partial charge in [0.15, 0.2) is 5.13 Å². The highest BCUT2D eigenvalue weighted by atomic mass is 35.5. The fourth-order valence-corrected chi connectivity index (χ4v) is 3.71. The summed E-state index contributed by atoms with van der Waals surface area (Å²) in [6.07, 6.45) is 0. The van der Waals surface area contributed by atoms with Crippen LogP contribution in [0, 0.1) is 0 Å². The summed E-state index contributed by atoms with van der Waals surface area (Å²) in [4.78, 5) is 17.0. The molecule has 0 radical (unpaired) electrons. The second-order valence-electron chi connectivity index (χ2n) is 6.64. The number of nitrogens with zero attached hydrogens (tertiary/aromatic N) is 1. The number of nitrogens with one attached hydrogen (secondary N) is 2. The van der Waals surface area contributed by atoms with Crippen molar-refractivity contribution in [2.24, 2.45) is 0 Å². The van der Waals surface area contributed by atoms with Gasteiger partial charge in [-0.2, -0.15) is 0 Å². The van der Waals surface area contributed by atoms with Crippen molar-refractivity contribution in [1.29, 1.82) is 0 Å². The second-order valence-corrected chi connectivity index (χ2v) is 7.93. The van der Waals surface area contributed by atoms with Gasteiger partial charge >= 0.3 is 0 Å². The number of thiazole rings is 1. The van der Waals surface area contributed by atoms with Gasteiger partial charge in [-0.3, -0.25) is 4.79 Å². The van der Waals surface area contributed by atoms with Crippen LogP contribution in [0.15, 0.2) is 78.2 Å². The maximum absolute atomic E-state index is 12.4. The molecule has 1 aromatic heterocycles. The third kappa shape index (κ3) is 4.79. The first-order chi connectivity index (χ1) is 14.6. The van der Waals surface area contributed by atoms with Gasteiger partial charge in [0.25, 0.3) is 5.91 Å². The largest absolute Gasteiger partial charge is 0.397 e. The maximum Gasteiger partial charge on any atom is 0.255 e. The van der Waals surface area contributed by atoms with Gasteiger partial charge in [0.05, 0.1) is 17.1 Å². The first kappa shape index (κ1) is 19.9. The summed E-state index contributed by atoms with van der Waals surface area (Å²) in [6, 6.07) is 22.2. The summed E-state index contributed by atoms with van der Waals surface area (Å²) in [5.41, 5.74) is 10.6. The molecule has 7 heteroatoms. The van der Waals surface area contributed by atoms with Gasteiger partial charge in [0.1, 0.15) is 0 Å². The van der Waals surface area contributed by atoms with Crippen molar-refractivity contribution >= 4 is 45.4 Å². The summed E-state index contributed by atoms with van der Waals surface area (Å²) < 4.78 is 0. The van der Waals surface area contributed by atoms with E-state index in [4.69, 9.17) is 17.3 Å². The first-order valence-electron chi connectivity index (χ1n) is 9.28. The van der Waals surface area contributed by atoms with Gasteiger partial charge in [0.2, 0.25) is 0 Å². The van der Waals surface area contributed by atoms with E-state index in [0.29, 0.717) is 28.5 Å². The molecular weight excluding hydrogens is 416 g/mol. The SMILES string of the molecule is Nc1ccccc1NC(=O)c1ccc(CNc2nc(-c3ccc(Cl)cc3)cs2)cc1. The molecule has 1 heterocycles. The third-order valence-electron chi connectivity index (χ3n) is 4.51. The molecule has 0 aliphatic carbocycles. The number of carbonyl (C=O) groups is 1. The Bertz CT molecular complexity index is 1160. The molecule has 1 amide bonds. The molecule has 0 aliphatic rings. The molecule has 150 valence electrons. The highest BCUT2D eigenvalue weighted by Gasteiger charge is 2.08. The Morgan fingerprint density at radius 3 is 2.47 bits per heavy atom. The summed E-state index contributed by atoms with van der Waals surface area (Å²) >= 11 is 7.49. The van der Waals surface area contributed by atoms with Crippen molar-refractivity contribution in [3.8, 4) is 11.3 Å². The van der Waals surface area contributed by atoms with E-state index in [-0.39, 0.29) is 5.91 Å². The number of carbonyl (C=O) groups excluding carboxylic acids is 1. The number of nitrogens with two attached hydrogens (primary N) is 1. The zero-order valence-electron chi connectivity index (χ0n) is 15.9. The maximum atomic E-state index is 12.4. The van der Waals surface area contributed by atoms with Gasteiger partial charge in [0, 0.05) is 28.1 Å². The molecule has 3 aromatic carbocycles. The fourth-order valence-electron chi connectivity index (χ4n) is 2.87. The van der Waals surface area contributed by atoms with E-state index in [1.54, 1.807) is 35.6 Å². The Labute approximate surface area is 183 Å². The van der Waals surface area contributed by atoms with E-state index >= 15 is 0 Å². The molecule has 0 atom stereocenters. The third-order valence-corrected chi connectivity index (χ3v) is 5.56. The summed E-state index contributed by atoms with van der Waals surface area (Å²) in [5.74, 6) is -0.195. The Morgan fingerprint density at radius 1 is 1.00 bits per heavy atom. The quantitative estimate of drug-likeness (QED) is 0.329. The number of aromatic nitrogens is 1. The lowest BCUT2D eigenvalue weighted by Crippen LogP contribution is -2.13. The van der Waals surface area contributed by atoms with Crippen LogP contribution >= 0.6 is 22.9 Å². The molecule has 4 N–H and O–H groups in total. The lowest BCUT2D eigenvalue weighted by Gasteiger charge is -2.08. The molecule has 5 nitrogen and oxygen atoms in total. The van der Waals surface area contributed by atoms with Crippen LogP contribution < -0.4 is 16.4 Å². The molecule has 4 aromatic rings. The highest BCUT2D eigenvalue weighted by molar-refractivity contribution is 7.14. The van der Waals surface area contributed by atoms with Crippen LogP contribution in [0.1, 0.15) is 15.9 Å². The normalized spacial score (nSPS) is 10.6. The summed E-state index contributed by atoms with van der Waals surface area (Å²) in [6.45, 7) is 0.612. The number of anilines is 3. The molecule has 0 aliphatic heterocycles. The zero-order valence-corrected chi connectivity index (χ0v) is 17.5. The van der Waals surface area contributed by atoms with E-state index < -0.39 is 0 Å². The smallest absolute Gasteiger partial charge is 0.255 e. The van der Waals surface area contributed by atoms with Crippen LogP contribution in [-0.2, 0) is 6.54 Å². The minimum atomic E-state index is -0.195. The highest BCUT2D eigenvalue weighted by Crippen LogP contribution is 2.26. The van der Waals surface area contributed by atoms with E-state index in [9.17, 15) is 4.79 Å². The minimum Gasteiger partial charge on any atom is -0.397 e. The number of para-hydroxylation sites is 2. The minimum absolute atomic E-state index is 0.195.